The summed E-state index contributed by atoms with van der Waals surface area (Å²) in [5.41, 5.74) is 0.718. The summed E-state index contributed by atoms with van der Waals surface area (Å²) in [4.78, 5) is 38.1. The number of carbonyl (C=O) groups is 1. The van der Waals surface area contributed by atoms with Crippen LogP contribution in [0.15, 0.2) is 41.7 Å². The van der Waals surface area contributed by atoms with E-state index in [-0.39, 0.29) is 29.1 Å². The SMILES string of the molecule is O=C(c1c[nH]c(=O)cn1)N1CCN(Cc2cccnc2)[C@@H]2CS(=O)(=O)C[C@@H]21. The molecule has 4 rings (SSSR count). The van der Waals surface area contributed by atoms with Crippen LogP contribution >= 0.6 is 0 Å². The molecule has 4 heterocycles. The van der Waals surface area contributed by atoms with E-state index < -0.39 is 21.4 Å². The minimum absolute atomic E-state index is 0.0285. The fourth-order valence-electron chi connectivity index (χ4n) is 3.81. The predicted octanol–water partition coefficient (Wildman–Crippen LogP) is -0.711. The first-order chi connectivity index (χ1) is 12.9. The molecular formula is C17H19N5O4S. The van der Waals surface area contributed by atoms with Crippen LogP contribution in [0, 0.1) is 0 Å². The quantitative estimate of drug-likeness (QED) is 0.737. The number of rotatable bonds is 3. The molecule has 0 saturated carbocycles. The van der Waals surface area contributed by atoms with Crippen LogP contribution in [0.5, 0.6) is 0 Å². The zero-order valence-corrected chi connectivity index (χ0v) is 15.3. The number of hydrogen-bond donors (Lipinski definition) is 1. The Morgan fingerprint density at radius 3 is 2.74 bits per heavy atom. The van der Waals surface area contributed by atoms with Gasteiger partial charge in [0.2, 0.25) is 0 Å². The topological polar surface area (TPSA) is 116 Å². The lowest BCUT2D eigenvalue weighted by Crippen LogP contribution is -2.60. The standard InChI is InChI=1S/C17H19N5O4S/c23-16-8-19-13(7-20-16)17(24)22-5-4-21(9-12-2-1-3-18-6-12)14-10-27(25,26)11-15(14)22/h1-3,6-8,14-15H,4-5,9-11H2,(H,20,23)/t14-,15+/m1/s1. The molecule has 0 bridgehead atoms. The molecule has 0 aromatic carbocycles. The average molecular weight is 389 g/mol. The summed E-state index contributed by atoms with van der Waals surface area (Å²) in [6.45, 7) is 1.54. The van der Waals surface area contributed by atoms with Crippen LogP contribution < -0.4 is 5.56 Å². The van der Waals surface area contributed by atoms with Crippen LogP contribution in [0.4, 0.5) is 0 Å². The van der Waals surface area contributed by atoms with Gasteiger partial charge < -0.3 is 9.88 Å². The Labute approximate surface area is 156 Å². The molecule has 0 aliphatic carbocycles. The highest BCUT2D eigenvalue weighted by atomic mass is 32.2. The maximum Gasteiger partial charge on any atom is 0.274 e. The Kier molecular flexibility index (Phi) is 4.52. The Balaban J connectivity index is 1.59. The van der Waals surface area contributed by atoms with Gasteiger partial charge in [0.15, 0.2) is 9.84 Å². The molecule has 2 aliphatic rings. The van der Waals surface area contributed by atoms with E-state index in [0.717, 1.165) is 11.8 Å². The number of piperazine rings is 1. The Morgan fingerprint density at radius 1 is 1.22 bits per heavy atom. The molecule has 2 fully saturated rings. The van der Waals surface area contributed by atoms with Gasteiger partial charge in [-0.3, -0.25) is 19.5 Å². The minimum Gasteiger partial charge on any atom is -0.330 e. The van der Waals surface area contributed by atoms with Gasteiger partial charge in [0.05, 0.1) is 23.7 Å². The Morgan fingerprint density at radius 2 is 2.04 bits per heavy atom. The molecule has 2 aliphatic heterocycles. The highest BCUT2D eigenvalue weighted by Gasteiger charge is 2.48. The third-order valence-electron chi connectivity index (χ3n) is 5.05. The van der Waals surface area contributed by atoms with E-state index >= 15 is 0 Å². The van der Waals surface area contributed by atoms with Crippen molar-refractivity contribution in [3.05, 3.63) is 58.5 Å². The number of sulfone groups is 1. The number of aromatic nitrogens is 3. The molecule has 9 nitrogen and oxygen atoms in total. The lowest BCUT2D eigenvalue weighted by molar-refractivity contribution is 0.0301. The second-order valence-corrected chi connectivity index (χ2v) is 8.99. The molecular weight excluding hydrogens is 370 g/mol. The van der Waals surface area contributed by atoms with Crippen LogP contribution in [-0.2, 0) is 16.4 Å². The van der Waals surface area contributed by atoms with E-state index in [1.165, 1.54) is 6.20 Å². The first-order valence-corrected chi connectivity index (χ1v) is 10.4. The fraction of sp³-hybridized carbons (Fsp3) is 0.412. The zero-order valence-electron chi connectivity index (χ0n) is 14.5. The molecule has 2 saturated heterocycles. The third kappa shape index (κ3) is 3.62. The van der Waals surface area contributed by atoms with Crippen molar-refractivity contribution in [2.75, 3.05) is 24.6 Å². The molecule has 2 aromatic heterocycles. The minimum atomic E-state index is -3.24. The van der Waals surface area contributed by atoms with Gasteiger partial charge in [0, 0.05) is 44.3 Å². The average Bonchev–Trinajstić information content (AvgIpc) is 2.98. The van der Waals surface area contributed by atoms with Crippen molar-refractivity contribution in [2.24, 2.45) is 0 Å². The van der Waals surface area contributed by atoms with E-state index in [2.05, 4.69) is 19.9 Å². The molecule has 0 radical (unpaired) electrons. The van der Waals surface area contributed by atoms with Gasteiger partial charge >= 0.3 is 0 Å². The number of carbonyl (C=O) groups excluding carboxylic acids is 1. The molecule has 0 unspecified atom stereocenters. The van der Waals surface area contributed by atoms with Crippen LogP contribution in [-0.4, -0.2) is 75.8 Å². The highest BCUT2D eigenvalue weighted by molar-refractivity contribution is 7.91. The molecule has 2 atom stereocenters. The largest absolute Gasteiger partial charge is 0.330 e. The van der Waals surface area contributed by atoms with E-state index in [0.29, 0.717) is 19.6 Å². The van der Waals surface area contributed by atoms with Gasteiger partial charge in [-0.1, -0.05) is 6.07 Å². The molecule has 142 valence electrons. The van der Waals surface area contributed by atoms with Crippen LogP contribution in [0.1, 0.15) is 16.1 Å². The number of H-pyrrole nitrogens is 1. The number of nitrogens with zero attached hydrogens (tertiary/aromatic N) is 4. The van der Waals surface area contributed by atoms with Crippen molar-refractivity contribution >= 4 is 15.7 Å². The smallest absolute Gasteiger partial charge is 0.274 e. The molecule has 27 heavy (non-hydrogen) atoms. The number of hydrogen-bond acceptors (Lipinski definition) is 7. The van der Waals surface area contributed by atoms with E-state index in [9.17, 15) is 18.0 Å². The van der Waals surface area contributed by atoms with Crippen LogP contribution in [0.2, 0.25) is 0 Å². The molecule has 1 amide bonds. The summed E-state index contributed by atoms with van der Waals surface area (Å²) in [7, 11) is -3.24. The van der Waals surface area contributed by atoms with E-state index in [1.807, 2.05) is 12.1 Å². The van der Waals surface area contributed by atoms with Gasteiger partial charge in [0.1, 0.15) is 5.69 Å². The van der Waals surface area contributed by atoms with Crippen molar-refractivity contribution in [2.45, 2.75) is 18.6 Å². The summed E-state index contributed by atoms with van der Waals surface area (Å²) >= 11 is 0. The number of amides is 1. The fourth-order valence-corrected chi connectivity index (χ4v) is 5.82. The van der Waals surface area contributed by atoms with Gasteiger partial charge in [-0.05, 0) is 11.6 Å². The normalized spacial score (nSPS) is 24.5. The first kappa shape index (κ1) is 17.8. The Bertz CT molecular complexity index is 987. The van der Waals surface area contributed by atoms with Gasteiger partial charge in [0.25, 0.3) is 11.5 Å². The molecule has 0 spiro atoms. The van der Waals surface area contributed by atoms with Crippen molar-refractivity contribution in [3.8, 4) is 0 Å². The van der Waals surface area contributed by atoms with Gasteiger partial charge in [-0.2, -0.15) is 0 Å². The van der Waals surface area contributed by atoms with Crippen molar-refractivity contribution in [1.29, 1.82) is 0 Å². The van der Waals surface area contributed by atoms with E-state index in [4.69, 9.17) is 0 Å². The predicted molar refractivity (Wildman–Crippen MR) is 96.8 cm³/mol. The number of aromatic amines is 1. The van der Waals surface area contributed by atoms with Crippen LogP contribution in [0.25, 0.3) is 0 Å². The first-order valence-electron chi connectivity index (χ1n) is 8.62. The Hall–Kier alpha value is -2.59. The van der Waals surface area contributed by atoms with Crippen molar-refractivity contribution in [3.63, 3.8) is 0 Å². The van der Waals surface area contributed by atoms with Gasteiger partial charge in [-0.15, -0.1) is 0 Å². The maximum atomic E-state index is 12.8. The molecule has 2 aromatic rings. The number of fused-ring (bicyclic) bond motifs is 1. The molecule has 1 N–H and O–H groups in total. The lowest BCUT2D eigenvalue weighted by Gasteiger charge is -2.43. The zero-order chi connectivity index (χ0) is 19.0. The molecule has 10 heteroatoms. The summed E-state index contributed by atoms with van der Waals surface area (Å²) in [5.74, 6) is -0.392. The summed E-state index contributed by atoms with van der Waals surface area (Å²) in [5, 5.41) is 0. The summed E-state index contributed by atoms with van der Waals surface area (Å²) in [6.07, 6.45) is 5.78. The maximum absolute atomic E-state index is 12.8. The van der Waals surface area contributed by atoms with Crippen molar-refractivity contribution in [1.82, 2.24) is 24.8 Å². The summed E-state index contributed by atoms with van der Waals surface area (Å²) < 4.78 is 24.6. The second kappa shape index (κ2) is 6.86. The monoisotopic (exact) mass is 389 g/mol. The number of pyridine rings is 1. The third-order valence-corrected chi connectivity index (χ3v) is 6.75. The summed E-state index contributed by atoms with van der Waals surface area (Å²) in [6, 6.07) is 3.10. The van der Waals surface area contributed by atoms with E-state index in [1.54, 1.807) is 17.3 Å². The number of nitrogens with one attached hydrogen (secondary N) is 1. The second-order valence-electron chi connectivity index (χ2n) is 6.84. The van der Waals surface area contributed by atoms with Crippen LogP contribution in [0.3, 0.4) is 0 Å². The van der Waals surface area contributed by atoms with Gasteiger partial charge in [-0.25, -0.2) is 13.4 Å². The lowest BCUT2D eigenvalue weighted by atomic mass is 10.0. The van der Waals surface area contributed by atoms with Crippen molar-refractivity contribution < 1.29 is 13.2 Å². The highest BCUT2D eigenvalue weighted by Crippen LogP contribution is 2.29.